The smallest absolute Gasteiger partial charge is 0.356 e. The highest BCUT2D eigenvalue weighted by molar-refractivity contribution is 6.37. The number of carboxylic acids is 1. The third-order valence-corrected chi connectivity index (χ3v) is 2.88. The molecule has 88 valence electrons. The molecule has 0 saturated carbocycles. The van der Waals surface area contributed by atoms with Crippen LogP contribution < -0.4 is 0 Å². The Hall–Kier alpha value is -1.52. The lowest BCUT2D eigenvalue weighted by molar-refractivity contribution is 0.0689. The third-order valence-electron chi connectivity index (χ3n) is 2.27. The summed E-state index contributed by atoms with van der Waals surface area (Å²) >= 11 is 12.0. The van der Waals surface area contributed by atoms with E-state index in [4.69, 9.17) is 28.3 Å². The standard InChI is InChI=1S/C11H8Cl2N2O2/c1-6-5-15(14-9(6)11(16)17)10-7(12)3-2-4-8(10)13/h2-5H,1H3,(H,16,17). The lowest BCUT2D eigenvalue weighted by Crippen LogP contribution is -2.02. The van der Waals surface area contributed by atoms with Gasteiger partial charge in [0.25, 0.3) is 0 Å². The summed E-state index contributed by atoms with van der Waals surface area (Å²) in [7, 11) is 0. The number of hydrogen-bond donors (Lipinski definition) is 1. The largest absolute Gasteiger partial charge is 0.476 e. The Bertz CT molecular complexity index is 573. The fraction of sp³-hybridized carbons (Fsp3) is 0.0909. The van der Waals surface area contributed by atoms with E-state index in [0.29, 0.717) is 21.3 Å². The van der Waals surface area contributed by atoms with Crippen molar-refractivity contribution < 1.29 is 9.90 Å². The van der Waals surface area contributed by atoms with Gasteiger partial charge in [-0.25, -0.2) is 9.48 Å². The molecule has 0 fully saturated rings. The molecule has 1 heterocycles. The number of aromatic nitrogens is 2. The van der Waals surface area contributed by atoms with Crippen LogP contribution in [0.25, 0.3) is 5.69 Å². The van der Waals surface area contributed by atoms with Crippen molar-refractivity contribution in [2.24, 2.45) is 0 Å². The van der Waals surface area contributed by atoms with Gasteiger partial charge in [-0.2, -0.15) is 5.10 Å². The van der Waals surface area contributed by atoms with E-state index in [9.17, 15) is 4.79 Å². The summed E-state index contributed by atoms with van der Waals surface area (Å²) in [5.41, 5.74) is 1.01. The zero-order valence-electron chi connectivity index (χ0n) is 8.82. The number of halogens is 2. The van der Waals surface area contributed by atoms with E-state index in [0.717, 1.165) is 0 Å². The van der Waals surface area contributed by atoms with Crippen molar-refractivity contribution in [3.63, 3.8) is 0 Å². The van der Waals surface area contributed by atoms with Crippen molar-refractivity contribution in [1.82, 2.24) is 9.78 Å². The molecular weight excluding hydrogens is 263 g/mol. The minimum Gasteiger partial charge on any atom is -0.476 e. The van der Waals surface area contributed by atoms with E-state index in [1.54, 1.807) is 31.3 Å². The quantitative estimate of drug-likeness (QED) is 0.912. The highest BCUT2D eigenvalue weighted by Gasteiger charge is 2.15. The highest BCUT2D eigenvalue weighted by atomic mass is 35.5. The van der Waals surface area contributed by atoms with Crippen LogP contribution in [0.15, 0.2) is 24.4 Å². The first kappa shape index (κ1) is 12.0. The van der Waals surface area contributed by atoms with Gasteiger partial charge in [0.15, 0.2) is 5.69 Å². The molecule has 0 amide bonds. The molecule has 0 radical (unpaired) electrons. The molecule has 0 saturated heterocycles. The SMILES string of the molecule is Cc1cn(-c2c(Cl)cccc2Cl)nc1C(=O)O. The summed E-state index contributed by atoms with van der Waals surface area (Å²) in [5.74, 6) is -1.08. The van der Waals surface area contributed by atoms with E-state index in [-0.39, 0.29) is 5.69 Å². The Morgan fingerprint density at radius 2 is 1.94 bits per heavy atom. The van der Waals surface area contributed by atoms with Crippen LogP contribution in [-0.2, 0) is 0 Å². The van der Waals surface area contributed by atoms with E-state index in [1.165, 1.54) is 4.68 Å². The minimum absolute atomic E-state index is 0.0130. The van der Waals surface area contributed by atoms with Gasteiger partial charge in [-0.1, -0.05) is 29.3 Å². The van der Waals surface area contributed by atoms with Crippen LogP contribution in [0.3, 0.4) is 0 Å². The summed E-state index contributed by atoms with van der Waals surface area (Å²) in [6.45, 7) is 1.66. The van der Waals surface area contributed by atoms with Crippen LogP contribution in [-0.4, -0.2) is 20.9 Å². The molecule has 0 spiro atoms. The fourth-order valence-corrected chi connectivity index (χ4v) is 2.06. The van der Waals surface area contributed by atoms with Gasteiger partial charge >= 0.3 is 5.97 Å². The van der Waals surface area contributed by atoms with Gasteiger partial charge < -0.3 is 5.11 Å². The van der Waals surface area contributed by atoms with E-state index in [2.05, 4.69) is 5.10 Å². The molecule has 6 heteroatoms. The molecular formula is C11H8Cl2N2O2. The summed E-state index contributed by atoms with van der Waals surface area (Å²) < 4.78 is 1.38. The molecule has 0 bridgehead atoms. The van der Waals surface area contributed by atoms with Gasteiger partial charge in [0, 0.05) is 11.8 Å². The number of hydrogen-bond acceptors (Lipinski definition) is 2. The monoisotopic (exact) mass is 270 g/mol. The van der Waals surface area contributed by atoms with Crippen molar-refractivity contribution in [1.29, 1.82) is 0 Å². The van der Waals surface area contributed by atoms with Crippen LogP contribution in [0.2, 0.25) is 10.0 Å². The van der Waals surface area contributed by atoms with Crippen molar-refractivity contribution in [3.05, 3.63) is 45.7 Å². The maximum atomic E-state index is 10.9. The second-order valence-electron chi connectivity index (χ2n) is 3.48. The summed E-state index contributed by atoms with van der Waals surface area (Å²) in [5, 5.41) is 13.7. The van der Waals surface area contributed by atoms with Crippen LogP contribution in [0.4, 0.5) is 0 Å². The molecule has 0 aliphatic heterocycles. The van der Waals surface area contributed by atoms with Gasteiger partial charge in [-0.15, -0.1) is 0 Å². The Morgan fingerprint density at radius 3 is 2.41 bits per heavy atom. The number of aromatic carboxylic acids is 1. The first-order valence-corrected chi connectivity index (χ1v) is 5.50. The molecule has 0 aliphatic carbocycles. The molecule has 1 aromatic carbocycles. The van der Waals surface area contributed by atoms with Gasteiger partial charge in [0.2, 0.25) is 0 Å². The fourth-order valence-electron chi connectivity index (χ4n) is 1.49. The molecule has 4 nitrogen and oxygen atoms in total. The molecule has 1 aromatic heterocycles. The summed E-state index contributed by atoms with van der Waals surface area (Å²) in [4.78, 5) is 10.9. The predicted molar refractivity (Wildman–Crippen MR) is 65.3 cm³/mol. The van der Waals surface area contributed by atoms with E-state index >= 15 is 0 Å². The van der Waals surface area contributed by atoms with Gasteiger partial charge in [-0.05, 0) is 19.1 Å². The maximum Gasteiger partial charge on any atom is 0.356 e. The van der Waals surface area contributed by atoms with E-state index in [1.807, 2.05) is 0 Å². The topological polar surface area (TPSA) is 55.1 Å². The van der Waals surface area contributed by atoms with Crippen LogP contribution in [0.1, 0.15) is 16.1 Å². The molecule has 2 rings (SSSR count). The number of carboxylic acid groups (broad SMARTS) is 1. The van der Waals surface area contributed by atoms with Crippen molar-refractivity contribution in [2.75, 3.05) is 0 Å². The number of nitrogens with zero attached hydrogens (tertiary/aromatic N) is 2. The Labute approximate surface area is 107 Å². The van der Waals surface area contributed by atoms with Crippen LogP contribution >= 0.6 is 23.2 Å². The normalized spacial score (nSPS) is 10.5. The molecule has 2 aromatic rings. The Kier molecular flexibility index (Phi) is 3.09. The maximum absolute atomic E-state index is 10.9. The summed E-state index contributed by atoms with van der Waals surface area (Å²) in [6, 6.07) is 5.04. The first-order chi connectivity index (χ1) is 8.00. The third kappa shape index (κ3) is 2.14. The number of rotatable bonds is 2. The summed E-state index contributed by atoms with van der Waals surface area (Å²) in [6.07, 6.45) is 1.58. The number of carbonyl (C=O) groups is 1. The number of benzene rings is 1. The lowest BCUT2D eigenvalue weighted by atomic mass is 10.3. The molecule has 0 unspecified atom stereocenters. The van der Waals surface area contributed by atoms with Crippen LogP contribution in [0.5, 0.6) is 0 Å². The highest BCUT2D eigenvalue weighted by Crippen LogP contribution is 2.28. The second kappa shape index (κ2) is 4.39. The Morgan fingerprint density at radius 1 is 1.35 bits per heavy atom. The predicted octanol–water partition coefficient (Wildman–Crippen LogP) is 3.19. The number of para-hydroxylation sites is 1. The molecule has 0 aliphatic rings. The van der Waals surface area contributed by atoms with Crippen molar-refractivity contribution >= 4 is 29.2 Å². The molecule has 0 atom stereocenters. The molecule has 17 heavy (non-hydrogen) atoms. The second-order valence-corrected chi connectivity index (χ2v) is 4.30. The zero-order valence-corrected chi connectivity index (χ0v) is 10.3. The van der Waals surface area contributed by atoms with Crippen molar-refractivity contribution in [2.45, 2.75) is 6.92 Å². The zero-order chi connectivity index (χ0) is 12.6. The number of aryl methyl sites for hydroxylation is 1. The van der Waals surface area contributed by atoms with Gasteiger partial charge in [-0.3, -0.25) is 0 Å². The average molecular weight is 271 g/mol. The van der Waals surface area contributed by atoms with E-state index < -0.39 is 5.97 Å². The molecule has 1 N–H and O–H groups in total. The average Bonchev–Trinajstić information content (AvgIpc) is 2.60. The Balaban J connectivity index is 2.62. The van der Waals surface area contributed by atoms with Crippen molar-refractivity contribution in [3.8, 4) is 5.69 Å². The van der Waals surface area contributed by atoms with Crippen LogP contribution in [0, 0.1) is 6.92 Å². The first-order valence-electron chi connectivity index (χ1n) is 4.74. The van der Waals surface area contributed by atoms with Gasteiger partial charge in [0.05, 0.1) is 10.0 Å². The van der Waals surface area contributed by atoms with Gasteiger partial charge in [0.1, 0.15) is 5.69 Å². The lowest BCUT2D eigenvalue weighted by Gasteiger charge is -2.05. The minimum atomic E-state index is -1.08.